The van der Waals surface area contributed by atoms with E-state index in [1.54, 1.807) is 0 Å². The van der Waals surface area contributed by atoms with Crippen molar-refractivity contribution in [3.05, 3.63) is 28.5 Å². The predicted octanol–water partition coefficient (Wildman–Crippen LogP) is 4.11. The first kappa shape index (κ1) is 13.1. The lowest BCUT2D eigenvalue weighted by Crippen LogP contribution is -2.38. The molecule has 1 aliphatic carbocycles. The number of benzene rings is 1. The molecular weight excluding hydrogens is 302 g/mol. The Kier molecular flexibility index (Phi) is 3.18. The third-order valence-corrected chi connectivity index (χ3v) is 4.76. The first-order valence-corrected chi connectivity index (χ1v) is 7.85. The number of aromatic nitrogens is 2. The fourth-order valence-electron chi connectivity index (χ4n) is 2.69. The van der Waals surface area contributed by atoms with Crippen molar-refractivity contribution in [1.29, 1.82) is 0 Å². The van der Waals surface area contributed by atoms with Gasteiger partial charge in [0.2, 0.25) is 0 Å². The summed E-state index contributed by atoms with van der Waals surface area (Å²) >= 11 is 3.52. The molecule has 3 nitrogen and oxygen atoms in total. The van der Waals surface area contributed by atoms with Gasteiger partial charge in [-0.25, -0.2) is 4.98 Å². The Balaban J connectivity index is 2.25. The molecule has 0 saturated heterocycles. The van der Waals surface area contributed by atoms with Crippen LogP contribution in [0.3, 0.4) is 0 Å². The fraction of sp³-hybridized carbons (Fsp3) is 0.533. The van der Waals surface area contributed by atoms with Gasteiger partial charge in [-0.3, -0.25) is 0 Å². The van der Waals surface area contributed by atoms with E-state index < -0.39 is 0 Å². The van der Waals surface area contributed by atoms with Gasteiger partial charge in [0.1, 0.15) is 5.82 Å². The maximum atomic E-state index is 6.59. The van der Waals surface area contributed by atoms with E-state index in [1.165, 1.54) is 18.4 Å². The molecule has 2 N–H and O–H groups in total. The van der Waals surface area contributed by atoms with Gasteiger partial charge in [-0.05, 0) is 43.9 Å². The Morgan fingerprint density at radius 2 is 2.05 bits per heavy atom. The van der Waals surface area contributed by atoms with E-state index in [2.05, 4.69) is 52.5 Å². The van der Waals surface area contributed by atoms with Crippen LogP contribution in [-0.2, 0) is 5.54 Å². The highest BCUT2D eigenvalue weighted by Gasteiger charge is 2.35. The molecule has 0 amide bonds. The number of rotatable bonds is 4. The predicted molar refractivity (Wildman–Crippen MR) is 82.2 cm³/mol. The number of imidazole rings is 1. The molecule has 1 heterocycles. The van der Waals surface area contributed by atoms with Gasteiger partial charge in [-0.1, -0.05) is 29.8 Å². The monoisotopic (exact) mass is 321 g/mol. The van der Waals surface area contributed by atoms with Gasteiger partial charge >= 0.3 is 0 Å². The minimum atomic E-state index is -0.311. The number of halogens is 1. The van der Waals surface area contributed by atoms with Crippen LogP contribution in [0.1, 0.15) is 51.4 Å². The van der Waals surface area contributed by atoms with Gasteiger partial charge in [0.25, 0.3) is 0 Å². The Bertz CT molecular complexity index is 609. The van der Waals surface area contributed by atoms with Crippen LogP contribution < -0.4 is 5.73 Å². The van der Waals surface area contributed by atoms with Gasteiger partial charge in [-0.15, -0.1) is 0 Å². The first-order valence-electron chi connectivity index (χ1n) is 7.06. The molecule has 0 bridgehead atoms. The summed E-state index contributed by atoms with van der Waals surface area (Å²) in [6.45, 7) is 4.30. The molecule has 102 valence electrons. The number of hydrogen-bond acceptors (Lipinski definition) is 2. The molecular formula is C15H20BrN3. The summed E-state index contributed by atoms with van der Waals surface area (Å²) in [6.07, 6.45) is 4.33. The SMILES string of the molecule is CCC(N)(CC)c1nc2cc(Br)ccc2n1C1CC1. The van der Waals surface area contributed by atoms with Crippen molar-refractivity contribution in [2.45, 2.75) is 51.1 Å². The Labute approximate surface area is 122 Å². The average molecular weight is 322 g/mol. The summed E-state index contributed by atoms with van der Waals surface area (Å²) in [5.74, 6) is 1.06. The Morgan fingerprint density at radius 1 is 1.37 bits per heavy atom. The quantitative estimate of drug-likeness (QED) is 0.921. The summed E-state index contributed by atoms with van der Waals surface area (Å²) in [4.78, 5) is 4.86. The van der Waals surface area contributed by atoms with Crippen LogP contribution in [0.5, 0.6) is 0 Å². The van der Waals surface area contributed by atoms with Crippen LogP contribution in [-0.4, -0.2) is 9.55 Å². The van der Waals surface area contributed by atoms with E-state index in [1.807, 2.05) is 0 Å². The maximum absolute atomic E-state index is 6.59. The molecule has 0 spiro atoms. The van der Waals surface area contributed by atoms with Gasteiger partial charge < -0.3 is 10.3 Å². The molecule has 1 saturated carbocycles. The zero-order valence-corrected chi connectivity index (χ0v) is 13.1. The van der Waals surface area contributed by atoms with Crippen LogP contribution in [0, 0.1) is 0 Å². The molecule has 1 fully saturated rings. The Hall–Kier alpha value is -0.870. The topological polar surface area (TPSA) is 43.8 Å². The maximum Gasteiger partial charge on any atom is 0.130 e. The normalized spacial score (nSPS) is 16.2. The van der Waals surface area contributed by atoms with Gasteiger partial charge in [-0.2, -0.15) is 0 Å². The van der Waals surface area contributed by atoms with Gasteiger partial charge in [0.05, 0.1) is 16.6 Å². The average Bonchev–Trinajstić information content (AvgIpc) is 3.18. The van der Waals surface area contributed by atoms with E-state index in [0.717, 1.165) is 28.7 Å². The summed E-state index contributed by atoms with van der Waals surface area (Å²) in [6, 6.07) is 6.92. The minimum Gasteiger partial charge on any atom is -0.323 e. The Morgan fingerprint density at radius 3 is 2.63 bits per heavy atom. The van der Waals surface area contributed by atoms with Crippen LogP contribution in [0.15, 0.2) is 22.7 Å². The smallest absolute Gasteiger partial charge is 0.130 e. The van der Waals surface area contributed by atoms with Gasteiger partial charge in [0, 0.05) is 10.5 Å². The van der Waals surface area contributed by atoms with E-state index in [0.29, 0.717) is 6.04 Å². The number of hydrogen-bond donors (Lipinski definition) is 1. The van der Waals surface area contributed by atoms with Crippen LogP contribution in [0.25, 0.3) is 11.0 Å². The molecule has 0 atom stereocenters. The standard InChI is InChI=1S/C15H20BrN3/c1-3-15(17,4-2)14-18-12-9-10(16)5-8-13(12)19(14)11-6-7-11/h5,8-9,11H,3-4,6-7,17H2,1-2H3. The minimum absolute atomic E-state index is 0.311. The van der Waals surface area contributed by atoms with Gasteiger partial charge in [0.15, 0.2) is 0 Å². The zero-order chi connectivity index (χ0) is 13.6. The van der Waals surface area contributed by atoms with E-state index in [9.17, 15) is 0 Å². The number of fused-ring (bicyclic) bond motifs is 1. The second-order valence-corrected chi connectivity index (χ2v) is 6.45. The van der Waals surface area contributed by atoms with Crippen molar-refractivity contribution in [3.63, 3.8) is 0 Å². The third kappa shape index (κ3) is 2.11. The summed E-state index contributed by atoms with van der Waals surface area (Å²) in [7, 11) is 0. The molecule has 3 rings (SSSR count). The molecule has 1 aromatic carbocycles. The van der Waals surface area contributed by atoms with Crippen molar-refractivity contribution >= 4 is 27.0 Å². The fourth-order valence-corrected chi connectivity index (χ4v) is 3.04. The molecule has 2 aromatic rings. The summed E-state index contributed by atoms with van der Waals surface area (Å²) < 4.78 is 3.46. The van der Waals surface area contributed by atoms with Crippen molar-refractivity contribution in [2.75, 3.05) is 0 Å². The summed E-state index contributed by atoms with van der Waals surface area (Å²) in [5, 5.41) is 0. The van der Waals surface area contributed by atoms with E-state index >= 15 is 0 Å². The van der Waals surface area contributed by atoms with E-state index in [4.69, 9.17) is 10.7 Å². The second-order valence-electron chi connectivity index (χ2n) is 5.53. The number of nitrogens with zero attached hydrogens (tertiary/aromatic N) is 2. The highest BCUT2D eigenvalue weighted by molar-refractivity contribution is 9.10. The van der Waals surface area contributed by atoms with Crippen molar-refractivity contribution < 1.29 is 0 Å². The zero-order valence-electron chi connectivity index (χ0n) is 11.5. The van der Waals surface area contributed by atoms with Crippen LogP contribution in [0.2, 0.25) is 0 Å². The lowest BCUT2D eigenvalue weighted by atomic mass is 9.93. The first-order chi connectivity index (χ1) is 9.09. The summed E-state index contributed by atoms with van der Waals surface area (Å²) in [5.41, 5.74) is 8.55. The molecule has 1 aliphatic rings. The third-order valence-electron chi connectivity index (χ3n) is 4.27. The van der Waals surface area contributed by atoms with Crippen molar-refractivity contribution in [1.82, 2.24) is 9.55 Å². The van der Waals surface area contributed by atoms with Crippen molar-refractivity contribution in [3.8, 4) is 0 Å². The van der Waals surface area contributed by atoms with Crippen LogP contribution in [0.4, 0.5) is 0 Å². The molecule has 19 heavy (non-hydrogen) atoms. The largest absolute Gasteiger partial charge is 0.323 e. The van der Waals surface area contributed by atoms with Crippen molar-refractivity contribution in [2.24, 2.45) is 5.73 Å². The molecule has 0 aliphatic heterocycles. The van der Waals surface area contributed by atoms with E-state index in [-0.39, 0.29) is 5.54 Å². The molecule has 0 unspecified atom stereocenters. The highest BCUT2D eigenvalue weighted by Crippen LogP contribution is 2.42. The molecule has 4 heteroatoms. The second kappa shape index (κ2) is 4.60. The number of nitrogens with two attached hydrogens (primary N) is 1. The lowest BCUT2D eigenvalue weighted by Gasteiger charge is -2.27. The lowest BCUT2D eigenvalue weighted by molar-refractivity contribution is 0.371. The van der Waals surface area contributed by atoms with Crippen LogP contribution >= 0.6 is 15.9 Å². The molecule has 0 radical (unpaired) electrons. The highest BCUT2D eigenvalue weighted by atomic mass is 79.9. The molecule has 1 aromatic heterocycles.